The Hall–Kier alpha value is -3.07. The lowest BCUT2D eigenvalue weighted by Gasteiger charge is -2.22. The highest BCUT2D eigenvalue weighted by Crippen LogP contribution is 2.37. The van der Waals surface area contributed by atoms with Crippen LogP contribution in [0.2, 0.25) is 10.0 Å². The molecule has 0 bridgehead atoms. The molecule has 38 heavy (non-hydrogen) atoms. The third-order valence-corrected chi connectivity index (χ3v) is 7.70. The van der Waals surface area contributed by atoms with Gasteiger partial charge in [-0.15, -0.1) is 0 Å². The highest BCUT2D eigenvalue weighted by atomic mass is 35.5. The zero-order valence-corrected chi connectivity index (χ0v) is 21.9. The first-order valence-corrected chi connectivity index (χ1v) is 13.2. The quantitative estimate of drug-likeness (QED) is 0.193. The number of guanidine groups is 1. The van der Waals surface area contributed by atoms with Gasteiger partial charge in [0.1, 0.15) is 11.8 Å². The molecule has 0 saturated heterocycles. The first kappa shape index (κ1) is 31.1. The Morgan fingerprint density at radius 1 is 1.13 bits per heavy atom. The van der Waals surface area contributed by atoms with Crippen molar-refractivity contribution in [2.24, 2.45) is 11.5 Å². The maximum Gasteiger partial charge on any atom is 0.416 e. The van der Waals surface area contributed by atoms with E-state index in [0.717, 1.165) is 18.2 Å². The molecule has 1 unspecified atom stereocenters. The Morgan fingerprint density at radius 2 is 1.74 bits per heavy atom. The van der Waals surface area contributed by atoms with Crippen LogP contribution in [0.5, 0.6) is 0 Å². The first-order chi connectivity index (χ1) is 17.5. The topological polar surface area (TPSA) is 180 Å². The van der Waals surface area contributed by atoms with E-state index < -0.39 is 56.1 Å². The summed E-state index contributed by atoms with van der Waals surface area (Å²) >= 11 is 12.2. The smallest absolute Gasteiger partial charge is 0.416 e. The summed E-state index contributed by atoms with van der Waals surface area (Å²) in [6, 6.07) is 5.23. The number of carboxylic acids is 1. The van der Waals surface area contributed by atoms with E-state index in [0.29, 0.717) is 10.5 Å². The highest BCUT2D eigenvalue weighted by molar-refractivity contribution is 7.92. The molecule has 0 aromatic heterocycles. The van der Waals surface area contributed by atoms with Crippen molar-refractivity contribution < 1.29 is 36.3 Å². The summed E-state index contributed by atoms with van der Waals surface area (Å²) in [6.45, 7) is -0.372. The molecule has 0 heterocycles. The fraction of sp³-hybridized carbons (Fsp3) is 0.318. The van der Waals surface area contributed by atoms with Gasteiger partial charge >= 0.3 is 12.1 Å². The van der Waals surface area contributed by atoms with Crippen LogP contribution in [0.25, 0.3) is 0 Å². The molecule has 0 saturated carbocycles. The number of amides is 1. The van der Waals surface area contributed by atoms with Gasteiger partial charge in [-0.05, 0) is 42.7 Å². The minimum absolute atomic E-state index is 0.0213. The summed E-state index contributed by atoms with van der Waals surface area (Å²) < 4.78 is 64.7. The predicted molar refractivity (Wildman–Crippen MR) is 136 cm³/mol. The molecule has 2 aromatic rings. The van der Waals surface area contributed by atoms with Gasteiger partial charge in [-0.2, -0.15) is 13.2 Å². The zero-order valence-electron chi connectivity index (χ0n) is 19.6. The Morgan fingerprint density at radius 3 is 2.26 bits per heavy atom. The summed E-state index contributed by atoms with van der Waals surface area (Å²) in [4.78, 5) is 23.9. The van der Waals surface area contributed by atoms with Crippen molar-refractivity contribution in [2.45, 2.75) is 36.5 Å². The van der Waals surface area contributed by atoms with Gasteiger partial charge in [0.2, 0.25) is 5.91 Å². The van der Waals surface area contributed by atoms with Gasteiger partial charge in [0, 0.05) is 13.1 Å². The van der Waals surface area contributed by atoms with Crippen LogP contribution in [-0.4, -0.2) is 54.6 Å². The number of nitrogens with one attached hydrogen (secondary N) is 2. The van der Waals surface area contributed by atoms with Crippen molar-refractivity contribution >= 4 is 56.6 Å². The van der Waals surface area contributed by atoms with E-state index in [1.54, 1.807) is 0 Å². The molecule has 0 aliphatic heterocycles. The second-order valence-corrected chi connectivity index (χ2v) is 10.8. The van der Waals surface area contributed by atoms with Crippen molar-refractivity contribution in [3.63, 3.8) is 0 Å². The molecule has 0 aliphatic rings. The number of hydrogen-bond acceptors (Lipinski definition) is 7. The first-order valence-electron chi connectivity index (χ1n) is 10.8. The largest absolute Gasteiger partial charge is 0.480 e. The molecule has 16 heteroatoms. The molecule has 1 atom stereocenters. The molecule has 0 radical (unpaired) electrons. The molecule has 0 fully saturated rings. The van der Waals surface area contributed by atoms with Gasteiger partial charge in [-0.1, -0.05) is 35.3 Å². The van der Waals surface area contributed by atoms with Gasteiger partial charge in [0.25, 0.3) is 0 Å². The van der Waals surface area contributed by atoms with Crippen LogP contribution in [0.1, 0.15) is 24.0 Å². The number of rotatable bonds is 11. The lowest BCUT2D eigenvalue weighted by molar-refractivity contribution is -0.139. The number of benzene rings is 2. The standard InChI is InChI=1S/C22H24Cl2F3N5O5S/c23-14-7-8-16(19(18(14)24)31-10-12-3-5-13(6-4-12)22(25,26)27)38(36,37)11-17(33)32(21(29)30)9-1-2-15(28)20(34)35/h3-8,15,31H,1-2,9-11,28H2,(H3,29,30)(H,34,35). The number of sulfone groups is 1. The van der Waals surface area contributed by atoms with Crippen molar-refractivity contribution in [1.29, 1.82) is 5.41 Å². The average molecular weight is 598 g/mol. The number of hydrogen-bond donors (Lipinski definition) is 5. The molecule has 1 amide bonds. The number of halogens is 5. The highest BCUT2D eigenvalue weighted by Gasteiger charge is 2.31. The van der Waals surface area contributed by atoms with Gasteiger partial charge in [0.05, 0.1) is 26.2 Å². The van der Waals surface area contributed by atoms with Crippen LogP contribution >= 0.6 is 23.2 Å². The second-order valence-electron chi connectivity index (χ2n) is 8.06. The van der Waals surface area contributed by atoms with E-state index in [9.17, 15) is 31.2 Å². The maximum atomic E-state index is 13.2. The Balaban J connectivity index is 2.25. The van der Waals surface area contributed by atoms with Crippen molar-refractivity contribution in [3.8, 4) is 0 Å². The molecule has 0 aliphatic carbocycles. The molecule has 7 N–H and O–H groups in total. The van der Waals surface area contributed by atoms with Crippen LogP contribution < -0.4 is 16.8 Å². The van der Waals surface area contributed by atoms with Gasteiger partial charge in [-0.3, -0.25) is 19.9 Å². The number of nitrogens with zero attached hydrogens (tertiary/aromatic N) is 1. The SMILES string of the molecule is N=C(N)N(CCCC(N)C(=O)O)C(=O)CS(=O)(=O)c1ccc(Cl)c(Cl)c1NCc1ccc(C(F)(F)F)cc1. The van der Waals surface area contributed by atoms with E-state index in [1.165, 1.54) is 18.2 Å². The number of nitrogens with two attached hydrogens (primary N) is 2. The van der Waals surface area contributed by atoms with Crippen LogP contribution in [0, 0.1) is 5.41 Å². The van der Waals surface area contributed by atoms with E-state index in [4.69, 9.17) is 45.2 Å². The minimum atomic E-state index is -4.52. The number of aliphatic carboxylic acids is 1. The summed E-state index contributed by atoms with van der Waals surface area (Å²) in [5, 5.41) is 19.0. The lowest BCUT2D eigenvalue weighted by atomic mass is 10.1. The third kappa shape index (κ3) is 8.21. The summed E-state index contributed by atoms with van der Waals surface area (Å²) in [5.41, 5.74) is 10.2. The van der Waals surface area contributed by atoms with Crippen LogP contribution in [0.15, 0.2) is 41.3 Å². The molecular weight excluding hydrogens is 574 g/mol. The number of anilines is 1. The van der Waals surface area contributed by atoms with E-state index >= 15 is 0 Å². The molecule has 10 nitrogen and oxygen atoms in total. The van der Waals surface area contributed by atoms with E-state index in [-0.39, 0.29) is 41.7 Å². The normalized spacial score (nSPS) is 12.6. The van der Waals surface area contributed by atoms with Gasteiger partial charge in [-0.25, -0.2) is 8.42 Å². The molecule has 2 rings (SSSR count). The zero-order chi connectivity index (χ0) is 28.8. The Kier molecular flexibility index (Phi) is 10.4. The minimum Gasteiger partial charge on any atom is -0.480 e. The van der Waals surface area contributed by atoms with Crippen molar-refractivity contribution in [1.82, 2.24) is 4.90 Å². The summed E-state index contributed by atoms with van der Waals surface area (Å²) in [7, 11) is -4.41. The lowest BCUT2D eigenvalue weighted by Crippen LogP contribution is -2.45. The number of carboxylic acid groups (broad SMARTS) is 1. The van der Waals surface area contributed by atoms with E-state index in [1.807, 2.05) is 0 Å². The molecule has 0 spiro atoms. The average Bonchev–Trinajstić information content (AvgIpc) is 2.81. The van der Waals surface area contributed by atoms with E-state index in [2.05, 4.69) is 5.32 Å². The predicted octanol–water partition coefficient (Wildman–Crippen LogP) is 3.31. The van der Waals surface area contributed by atoms with Gasteiger partial charge in [0.15, 0.2) is 15.8 Å². The second kappa shape index (κ2) is 12.7. The summed E-state index contributed by atoms with van der Waals surface area (Å²) in [6.07, 6.45) is -4.54. The van der Waals surface area contributed by atoms with Crippen molar-refractivity contribution in [2.75, 3.05) is 17.6 Å². The Bertz CT molecular complexity index is 1310. The van der Waals surface area contributed by atoms with Crippen LogP contribution in [0.4, 0.5) is 18.9 Å². The fourth-order valence-electron chi connectivity index (χ4n) is 3.25. The van der Waals surface area contributed by atoms with Crippen LogP contribution in [0.3, 0.4) is 0 Å². The van der Waals surface area contributed by atoms with Gasteiger partial charge < -0.3 is 21.9 Å². The molecule has 2 aromatic carbocycles. The van der Waals surface area contributed by atoms with Crippen LogP contribution in [-0.2, 0) is 32.1 Å². The maximum absolute atomic E-state index is 13.2. The molecule has 208 valence electrons. The number of carbonyl (C=O) groups is 2. The summed E-state index contributed by atoms with van der Waals surface area (Å²) in [5.74, 6) is -4.18. The monoisotopic (exact) mass is 597 g/mol. The van der Waals surface area contributed by atoms with Crippen molar-refractivity contribution in [3.05, 3.63) is 57.6 Å². The molecular formula is C22H24Cl2F3N5O5S. The Labute approximate surface area is 226 Å². The fourth-order valence-corrected chi connectivity index (χ4v) is 5.09. The number of carbonyl (C=O) groups excluding carboxylic acids is 1. The number of alkyl halides is 3. The third-order valence-electron chi connectivity index (χ3n) is 5.26.